The van der Waals surface area contributed by atoms with Crippen molar-refractivity contribution in [2.45, 2.75) is 25.9 Å². The van der Waals surface area contributed by atoms with Gasteiger partial charge in [0.1, 0.15) is 0 Å². The molecule has 4 heteroatoms. The first kappa shape index (κ1) is 13.0. The van der Waals surface area contributed by atoms with Gasteiger partial charge in [0, 0.05) is 17.2 Å². The maximum Gasteiger partial charge on any atom is 0.0888 e. The van der Waals surface area contributed by atoms with E-state index >= 15 is 0 Å². The van der Waals surface area contributed by atoms with E-state index in [0.717, 1.165) is 23.3 Å². The summed E-state index contributed by atoms with van der Waals surface area (Å²) in [6.07, 6.45) is 5.88. The van der Waals surface area contributed by atoms with Crippen LogP contribution in [0.5, 0.6) is 0 Å². The SMILES string of the molecule is Brc1ccc(COCCN2CCCCC2)nc1. The summed E-state index contributed by atoms with van der Waals surface area (Å²) in [7, 11) is 0. The molecule has 94 valence electrons. The summed E-state index contributed by atoms with van der Waals surface area (Å²) in [5, 5.41) is 0. The van der Waals surface area contributed by atoms with Crippen LogP contribution in [-0.4, -0.2) is 36.1 Å². The first-order valence-electron chi connectivity index (χ1n) is 6.25. The molecule has 0 amide bonds. The predicted molar refractivity (Wildman–Crippen MR) is 71.9 cm³/mol. The van der Waals surface area contributed by atoms with E-state index in [-0.39, 0.29) is 0 Å². The second-order valence-corrected chi connectivity index (χ2v) is 5.34. The normalized spacial score (nSPS) is 17.2. The van der Waals surface area contributed by atoms with Crippen LogP contribution in [0.15, 0.2) is 22.8 Å². The van der Waals surface area contributed by atoms with Crippen LogP contribution in [-0.2, 0) is 11.3 Å². The minimum Gasteiger partial charge on any atom is -0.374 e. The standard InChI is InChI=1S/C13H19BrN2O/c14-12-4-5-13(15-10-12)11-17-9-8-16-6-2-1-3-7-16/h4-5,10H,1-3,6-9,11H2. The lowest BCUT2D eigenvalue weighted by molar-refractivity contribution is 0.0845. The number of piperidine rings is 1. The van der Waals surface area contributed by atoms with E-state index in [4.69, 9.17) is 4.74 Å². The van der Waals surface area contributed by atoms with Crippen molar-refractivity contribution in [3.63, 3.8) is 0 Å². The molecule has 3 nitrogen and oxygen atoms in total. The Morgan fingerprint density at radius 2 is 2.06 bits per heavy atom. The molecule has 1 saturated heterocycles. The Morgan fingerprint density at radius 1 is 1.24 bits per heavy atom. The molecule has 1 aliphatic heterocycles. The van der Waals surface area contributed by atoms with Gasteiger partial charge in [0.15, 0.2) is 0 Å². The molecule has 0 unspecified atom stereocenters. The Balaban J connectivity index is 1.60. The monoisotopic (exact) mass is 298 g/mol. The molecule has 1 fully saturated rings. The van der Waals surface area contributed by atoms with Crippen LogP contribution < -0.4 is 0 Å². The minimum atomic E-state index is 0.612. The molecular formula is C13H19BrN2O. The highest BCUT2D eigenvalue weighted by atomic mass is 79.9. The van der Waals surface area contributed by atoms with Crippen molar-refractivity contribution < 1.29 is 4.74 Å². The second kappa shape index (κ2) is 7.09. The lowest BCUT2D eigenvalue weighted by Gasteiger charge is -2.26. The third-order valence-corrected chi connectivity index (χ3v) is 3.51. The van der Waals surface area contributed by atoms with Crippen LogP contribution in [0, 0.1) is 0 Å². The number of likely N-dealkylation sites (tertiary alicyclic amines) is 1. The van der Waals surface area contributed by atoms with Crippen molar-refractivity contribution in [2.75, 3.05) is 26.2 Å². The maximum atomic E-state index is 5.64. The molecule has 0 aromatic carbocycles. The Kier molecular flexibility index (Phi) is 5.42. The Bertz CT molecular complexity index is 323. The summed E-state index contributed by atoms with van der Waals surface area (Å²) in [5.74, 6) is 0. The predicted octanol–water partition coefficient (Wildman–Crippen LogP) is 2.85. The summed E-state index contributed by atoms with van der Waals surface area (Å²) in [4.78, 5) is 6.76. The van der Waals surface area contributed by atoms with Crippen LogP contribution in [0.2, 0.25) is 0 Å². The average molecular weight is 299 g/mol. The van der Waals surface area contributed by atoms with Gasteiger partial charge < -0.3 is 9.64 Å². The second-order valence-electron chi connectivity index (χ2n) is 4.42. The van der Waals surface area contributed by atoms with Crippen LogP contribution in [0.1, 0.15) is 25.0 Å². The molecule has 0 N–H and O–H groups in total. The summed E-state index contributed by atoms with van der Waals surface area (Å²) in [6, 6.07) is 3.99. The average Bonchev–Trinajstić information content (AvgIpc) is 2.38. The van der Waals surface area contributed by atoms with E-state index in [0.29, 0.717) is 6.61 Å². The lowest BCUT2D eigenvalue weighted by atomic mass is 10.1. The molecule has 2 heterocycles. The fourth-order valence-electron chi connectivity index (χ4n) is 2.05. The fourth-order valence-corrected chi connectivity index (χ4v) is 2.28. The van der Waals surface area contributed by atoms with Crippen molar-refractivity contribution in [1.29, 1.82) is 0 Å². The van der Waals surface area contributed by atoms with Crippen LogP contribution in [0.4, 0.5) is 0 Å². The van der Waals surface area contributed by atoms with Crippen molar-refractivity contribution in [1.82, 2.24) is 9.88 Å². The van der Waals surface area contributed by atoms with Gasteiger partial charge in [0.2, 0.25) is 0 Å². The number of hydrogen-bond acceptors (Lipinski definition) is 3. The van der Waals surface area contributed by atoms with E-state index in [1.807, 2.05) is 18.3 Å². The summed E-state index contributed by atoms with van der Waals surface area (Å²) < 4.78 is 6.65. The number of hydrogen-bond donors (Lipinski definition) is 0. The third-order valence-electron chi connectivity index (χ3n) is 3.04. The number of halogens is 1. The molecule has 0 saturated carbocycles. The number of aromatic nitrogens is 1. The summed E-state index contributed by atoms with van der Waals surface area (Å²) in [6.45, 7) is 4.94. The van der Waals surface area contributed by atoms with E-state index in [2.05, 4.69) is 25.8 Å². The molecule has 0 bridgehead atoms. The zero-order valence-electron chi connectivity index (χ0n) is 10.1. The Labute approximate surface area is 111 Å². The third kappa shape index (κ3) is 4.74. The van der Waals surface area contributed by atoms with Crippen molar-refractivity contribution >= 4 is 15.9 Å². The zero-order valence-corrected chi connectivity index (χ0v) is 11.7. The molecule has 1 aromatic rings. The molecule has 0 atom stereocenters. The number of nitrogens with zero attached hydrogens (tertiary/aromatic N) is 2. The highest BCUT2D eigenvalue weighted by Crippen LogP contribution is 2.09. The van der Waals surface area contributed by atoms with Gasteiger partial charge >= 0.3 is 0 Å². The molecule has 0 aliphatic carbocycles. The highest BCUT2D eigenvalue weighted by molar-refractivity contribution is 9.10. The quantitative estimate of drug-likeness (QED) is 0.782. The zero-order chi connectivity index (χ0) is 11.9. The van der Waals surface area contributed by atoms with Crippen molar-refractivity contribution in [2.24, 2.45) is 0 Å². The van der Waals surface area contributed by atoms with Crippen LogP contribution in [0.3, 0.4) is 0 Å². The lowest BCUT2D eigenvalue weighted by Crippen LogP contribution is -2.32. The van der Waals surface area contributed by atoms with Gasteiger partial charge in [-0.2, -0.15) is 0 Å². The van der Waals surface area contributed by atoms with Gasteiger partial charge in [0.25, 0.3) is 0 Å². The minimum absolute atomic E-state index is 0.612. The largest absolute Gasteiger partial charge is 0.374 e. The molecular weight excluding hydrogens is 280 g/mol. The van der Waals surface area contributed by atoms with Crippen LogP contribution >= 0.6 is 15.9 Å². The van der Waals surface area contributed by atoms with Crippen molar-refractivity contribution in [3.8, 4) is 0 Å². The number of pyridine rings is 1. The molecule has 1 aliphatic rings. The van der Waals surface area contributed by atoms with Gasteiger partial charge in [-0.15, -0.1) is 0 Å². The van der Waals surface area contributed by atoms with Gasteiger partial charge in [-0.25, -0.2) is 0 Å². The van der Waals surface area contributed by atoms with E-state index in [1.54, 1.807) is 0 Å². The smallest absolute Gasteiger partial charge is 0.0888 e. The first-order valence-corrected chi connectivity index (χ1v) is 7.04. The first-order chi connectivity index (χ1) is 8.34. The number of ether oxygens (including phenoxy) is 1. The van der Waals surface area contributed by atoms with E-state index in [1.165, 1.54) is 32.4 Å². The molecule has 0 spiro atoms. The summed E-state index contributed by atoms with van der Waals surface area (Å²) >= 11 is 3.37. The highest BCUT2D eigenvalue weighted by Gasteiger charge is 2.08. The fraction of sp³-hybridized carbons (Fsp3) is 0.615. The van der Waals surface area contributed by atoms with Gasteiger partial charge in [-0.1, -0.05) is 6.42 Å². The van der Waals surface area contributed by atoms with Crippen LogP contribution in [0.25, 0.3) is 0 Å². The Morgan fingerprint density at radius 3 is 2.76 bits per heavy atom. The molecule has 0 radical (unpaired) electrons. The maximum absolute atomic E-state index is 5.64. The van der Waals surface area contributed by atoms with Gasteiger partial charge in [0.05, 0.1) is 18.9 Å². The Hall–Kier alpha value is -0.450. The van der Waals surface area contributed by atoms with Gasteiger partial charge in [-0.3, -0.25) is 4.98 Å². The molecule has 1 aromatic heterocycles. The topological polar surface area (TPSA) is 25.4 Å². The number of rotatable bonds is 5. The molecule has 17 heavy (non-hydrogen) atoms. The molecule has 2 rings (SSSR count). The van der Waals surface area contributed by atoms with Crippen molar-refractivity contribution in [3.05, 3.63) is 28.5 Å². The van der Waals surface area contributed by atoms with E-state index in [9.17, 15) is 0 Å². The van der Waals surface area contributed by atoms with Gasteiger partial charge in [-0.05, 0) is 54.0 Å². The van der Waals surface area contributed by atoms with E-state index < -0.39 is 0 Å². The summed E-state index contributed by atoms with van der Waals surface area (Å²) in [5.41, 5.74) is 0.992.